The standard InChI is InChI=1S/C25H24F2N4O3.C8H15N.C3H6O2.C3H8/c1-3-16-19(26)7-6-13-9-15(33)10-17(20(13)16)22-21(27)23-18(11-28-22)24(30-25(29-23)34-2)31-8-4-5-14(32)12-31;1-8-4-2-6-9(8)7-3-5-8;1-3(4)5-2;1-3-2/h6-7,9-11,14,32-33H,3-5,8,12H2,1-2H3;2-7H2,1H3;1-2H3;3H2,1-2H3. The van der Waals surface area contributed by atoms with E-state index >= 15 is 4.39 Å². The van der Waals surface area contributed by atoms with Gasteiger partial charge in [0.25, 0.3) is 0 Å². The zero-order valence-electron chi connectivity index (χ0n) is 31.1. The number of rotatable bonds is 4. The Hall–Kier alpha value is -4.16. The lowest BCUT2D eigenvalue weighted by Gasteiger charge is -2.31. The molecule has 51 heavy (non-hydrogen) atoms. The molecule has 0 aliphatic carbocycles. The summed E-state index contributed by atoms with van der Waals surface area (Å²) in [5, 5.41) is 21.9. The monoisotopic (exact) mass is 709 g/mol. The average molecular weight is 710 g/mol. The van der Waals surface area contributed by atoms with Gasteiger partial charge in [-0.15, -0.1) is 0 Å². The molecule has 0 spiro atoms. The van der Waals surface area contributed by atoms with E-state index in [1.165, 1.54) is 90.7 Å². The van der Waals surface area contributed by atoms with Gasteiger partial charge in [-0.2, -0.15) is 9.97 Å². The van der Waals surface area contributed by atoms with Crippen LogP contribution < -0.4 is 9.64 Å². The number of carbonyl (C=O) groups is 1. The lowest BCUT2D eigenvalue weighted by atomic mass is 9.94. The van der Waals surface area contributed by atoms with Gasteiger partial charge in [0.15, 0.2) is 5.82 Å². The predicted molar refractivity (Wildman–Crippen MR) is 197 cm³/mol. The van der Waals surface area contributed by atoms with Crippen molar-refractivity contribution in [3.05, 3.63) is 47.7 Å². The van der Waals surface area contributed by atoms with Crippen LogP contribution in [-0.4, -0.2) is 88.1 Å². The minimum atomic E-state index is -0.727. The number of aliphatic hydroxyl groups excluding tert-OH is 1. The number of hydrogen-bond donors (Lipinski definition) is 2. The first kappa shape index (κ1) is 39.6. The van der Waals surface area contributed by atoms with Gasteiger partial charge in [0.1, 0.15) is 28.6 Å². The highest BCUT2D eigenvalue weighted by molar-refractivity contribution is 6.01. The highest BCUT2D eigenvalue weighted by Crippen LogP contribution is 2.40. The van der Waals surface area contributed by atoms with Gasteiger partial charge in [-0.3, -0.25) is 14.7 Å². The van der Waals surface area contributed by atoms with Gasteiger partial charge in [0.2, 0.25) is 0 Å². The largest absolute Gasteiger partial charge is 0.508 e. The Morgan fingerprint density at radius 2 is 1.71 bits per heavy atom. The highest BCUT2D eigenvalue weighted by Gasteiger charge is 2.39. The first-order chi connectivity index (χ1) is 24.4. The minimum absolute atomic E-state index is 0.00198. The minimum Gasteiger partial charge on any atom is -0.508 e. The van der Waals surface area contributed by atoms with E-state index in [4.69, 9.17) is 4.74 Å². The third-order valence-corrected chi connectivity index (χ3v) is 9.62. The van der Waals surface area contributed by atoms with Crippen LogP contribution >= 0.6 is 0 Å². The van der Waals surface area contributed by atoms with E-state index in [2.05, 4.69) is 45.4 Å². The molecule has 0 saturated carbocycles. The summed E-state index contributed by atoms with van der Waals surface area (Å²) in [5.74, 6) is -1.03. The van der Waals surface area contributed by atoms with Crippen LogP contribution in [0.25, 0.3) is 32.9 Å². The summed E-state index contributed by atoms with van der Waals surface area (Å²) < 4.78 is 40.0. The van der Waals surface area contributed by atoms with Crippen LogP contribution in [0.4, 0.5) is 14.6 Å². The van der Waals surface area contributed by atoms with Crippen molar-refractivity contribution >= 4 is 33.5 Å². The number of aliphatic hydroxyl groups is 1. The molecule has 1 atom stereocenters. The normalized spacial score (nSPS) is 17.8. The molecule has 3 aliphatic rings. The molecule has 0 bridgehead atoms. The number of ether oxygens (including phenoxy) is 2. The quantitative estimate of drug-likeness (QED) is 0.205. The van der Waals surface area contributed by atoms with Crippen molar-refractivity contribution in [1.29, 1.82) is 0 Å². The fraction of sp³-hybridized carbons (Fsp3) is 0.538. The van der Waals surface area contributed by atoms with Gasteiger partial charge >= 0.3 is 12.0 Å². The number of pyridine rings is 1. The molecule has 3 saturated heterocycles. The second-order valence-electron chi connectivity index (χ2n) is 13.5. The third kappa shape index (κ3) is 9.20. The number of phenols is 1. The Kier molecular flexibility index (Phi) is 13.9. The Morgan fingerprint density at radius 3 is 2.27 bits per heavy atom. The number of hydrogen-bond acceptors (Lipinski definition) is 10. The number of aryl methyl sites for hydroxylation is 1. The van der Waals surface area contributed by atoms with E-state index in [0.29, 0.717) is 59.0 Å². The molecular formula is C39H53F2N5O5. The van der Waals surface area contributed by atoms with Crippen LogP contribution in [0.15, 0.2) is 30.5 Å². The number of esters is 1. The first-order valence-electron chi connectivity index (χ1n) is 18.0. The van der Waals surface area contributed by atoms with Gasteiger partial charge in [-0.25, -0.2) is 8.78 Å². The van der Waals surface area contributed by atoms with Crippen LogP contribution in [0, 0.1) is 11.6 Å². The maximum absolute atomic E-state index is 16.0. The zero-order chi connectivity index (χ0) is 37.3. The number of aromatic hydroxyl groups is 1. The van der Waals surface area contributed by atoms with Crippen LogP contribution in [-0.2, 0) is 16.0 Å². The molecule has 2 N–H and O–H groups in total. The summed E-state index contributed by atoms with van der Waals surface area (Å²) in [6.07, 6.45) is 9.84. The van der Waals surface area contributed by atoms with Crippen molar-refractivity contribution in [2.75, 3.05) is 45.3 Å². The molecule has 12 heteroatoms. The average Bonchev–Trinajstić information content (AvgIpc) is 3.66. The van der Waals surface area contributed by atoms with Crippen molar-refractivity contribution in [3.8, 4) is 23.0 Å². The Morgan fingerprint density at radius 1 is 1.04 bits per heavy atom. The Labute approximate surface area is 299 Å². The van der Waals surface area contributed by atoms with Crippen LogP contribution in [0.2, 0.25) is 0 Å². The molecule has 3 aliphatic heterocycles. The van der Waals surface area contributed by atoms with Gasteiger partial charge < -0.3 is 24.6 Å². The van der Waals surface area contributed by atoms with Crippen molar-refractivity contribution in [2.45, 2.75) is 97.6 Å². The molecule has 3 fully saturated rings. The fourth-order valence-corrected chi connectivity index (χ4v) is 7.12. The van der Waals surface area contributed by atoms with E-state index in [-0.39, 0.29) is 34.5 Å². The lowest BCUT2D eigenvalue weighted by Crippen LogP contribution is -2.38. The molecule has 1 unspecified atom stereocenters. The van der Waals surface area contributed by atoms with Crippen LogP contribution in [0.5, 0.6) is 11.8 Å². The molecular weight excluding hydrogens is 656 g/mol. The lowest BCUT2D eigenvalue weighted by molar-refractivity contribution is -0.137. The van der Waals surface area contributed by atoms with E-state index in [9.17, 15) is 19.4 Å². The number of β-amino-alcohol motifs (C(OH)–C–C–N with tert-alkyl or cyclic N) is 1. The SMILES string of the molecule is CC12CCCN1CCC2.CCC.CCc1c(F)ccc2cc(O)cc(-c3ncc4c(N5CCCC(O)C5)nc(OC)nc4c3F)c12.COC(C)=O. The molecule has 5 heterocycles. The third-order valence-electron chi connectivity index (χ3n) is 9.62. The van der Waals surface area contributed by atoms with E-state index < -0.39 is 17.7 Å². The second-order valence-corrected chi connectivity index (χ2v) is 13.5. The van der Waals surface area contributed by atoms with E-state index in [1.54, 1.807) is 6.07 Å². The summed E-state index contributed by atoms with van der Waals surface area (Å²) in [7, 11) is 2.75. The van der Waals surface area contributed by atoms with Gasteiger partial charge in [0.05, 0.1) is 25.7 Å². The number of phenolic OH excluding ortho intramolecular Hbond substituents is 1. The predicted octanol–water partition coefficient (Wildman–Crippen LogP) is 7.59. The number of nitrogens with zero attached hydrogens (tertiary/aromatic N) is 5. The fourth-order valence-electron chi connectivity index (χ4n) is 7.12. The molecule has 0 radical (unpaired) electrons. The Bertz CT molecular complexity index is 1800. The number of fused-ring (bicyclic) bond motifs is 3. The highest BCUT2D eigenvalue weighted by atomic mass is 19.1. The molecule has 278 valence electrons. The molecule has 10 nitrogen and oxygen atoms in total. The van der Waals surface area contributed by atoms with Crippen LogP contribution in [0.1, 0.15) is 85.1 Å². The van der Waals surface area contributed by atoms with Gasteiger partial charge in [-0.1, -0.05) is 33.3 Å². The van der Waals surface area contributed by atoms with Crippen LogP contribution in [0.3, 0.4) is 0 Å². The maximum atomic E-state index is 16.0. The van der Waals surface area contributed by atoms with Gasteiger partial charge in [0, 0.05) is 37.3 Å². The number of aromatic nitrogens is 3. The summed E-state index contributed by atoms with van der Waals surface area (Å²) in [5.41, 5.74) is 1.27. The van der Waals surface area contributed by atoms with Gasteiger partial charge in [-0.05, 0) is 99.5 Å². The summed E-state index contributed by atoms with van der Waals surface area (Å²) in [4.78, 5) is 27.2. The number of carbonyl (C=O) groups excluding carboxylic acids is 1. The molecule has 2 aromatic carbocycles. The molecule has 0 amide bonds. The summed E-state index contributed by atoms with van der Waals surface area (Å²) in [6.45, 7) is 13.6. The molecule has 2 aromatic heterocycles. The zero-order valence-corrected chi connectivity index (χ0v) is 31.1. The number of piperidine rings is 1. The number of methoxy groups -OCH3 is 2. The number of halogens is 2. The van der Waals surface area contributed by atoms with E-state index in [1.807, 2.05) is 11.8 Å². The Balaban J connectivity index is 0.000000281. The van der Waals surface area contributed by atoms with Crippen molar-refractivity contribution in [3.63, 3.8) is 0 Å². The van der Waals surface area contributed by atoms with Crippen molar-refractivity contribution in [1.82, 2.24) is 19.9 Å². The summed E-state index contributed by atoms with van der Waals surface area (Å²) >= 11 is 0. The van der Waals surface area contributed by atoms with Crippen molar-refractivity contribution < 1.29 is 33.3 Å². The van der Waals surface area contributed by atoms with Crippen molar-refractivity contribution in [2.24, 2.45) is 0 Å². The number of benzene rings is 2. The maximum Gasteiger partial charge on any atom is 0.318 e. The smallest absolute Gasteiger partial charge is 0.318 e. The topological polar surface area (TPSA) is 121 Å². The molecule has 7 rings (SSSR count). The molecule has 4 aromatic rings. The number of anilines is 1. The summed E-state index contributed by atoms with van der Waals surface area (Å²) in [6, 6.07) is 5.78. The van der Waals surface area contributed by atoms with E-state index in [0.717, 1.165) is 6.42 Å². The first-order valence-corrected chi connectivity index (χ1v) is 18.0. The second kappa shape index (κ2) is 17.9.